The van der Waals surface area contributed by atoms with E-state index in [0.717, 1.165) is 53.6 Å². The normalized spacial score (nSPS) is 14.0. The smallest absolute Gasteiger partial charge is 0.220 e. The van der Waals surface area contributed by atoms with Gasteiger partial charge in [-0.3, -0.25) is 9.78 Å². The Bertz CT molecular complexity index is 1570. The van der Waals surface area contributed by atoms with Crippen molar-refractivity contribution in [1.29, 1.82) is 0 Å². The van der Waals surface area contributed by atoms with Crippen molar-refractivity contribution in [2.75, 3.05) is 25.0 Å². The van der Waals surface area contributed by atoms with Crippen LogP contribution in [0.2, 0.25) is 0 Å². The molecule has 5 rings (SSSR count). The highest BCUT2D eigenvalue weighted by Crippen LogP contribution is 2.42. The standard InChI is InChI=1S/C35H39N5O/c1-35(2)30-25-28(39-27-11-5-3-6-12-27)17-18-32(30)40(24-10-4-7-15-34(41)38-23-21-36)33(35)19-16-26-20-22-37-31-14-9-8-13-29(26)31/h3,5-6,8-9,11-14,16-20,22,25H,4,7,10,15,21,23-24,36H2,1-2H3,(H-,37,38,39,41)/p+1. The van der Waals surface area contributed by atoms with Gasteiger partial charge in [0.25, 0.3) is 0 Å². The van der Waals surface area contributed by atoms with Gasteiger partial charge in [-0.2, -0.15) is 4.58 Å². The third-order valence-corrected chi connectivity index (χ3v) is 7.81. The van der Waals surface area contributed by atoms with E-state index in [2.05, 4.69) is 101 Å². The topological polar surface area (TPSA) is 83.0 Å². The van der Waals surface area contributed by atoms with E-state index in [0.29, 0.717) is 19.5 Å². The van der Waals surface area contributed by atoms with E-state index in [1.165, 1.54) is 17.0 Å². The van der Waals surface area contributed by atoms with Gasteiger partial charge in [-0.25, -0.2) is 0 Å². The highest BCUT2D eigenvalue weighted by atomic mass is 16.1. The molecule has 0 unspecified atom stereocenters. The van der Waals surface area contributed by atoms with Gasteiger partial charge >= 0.3 is 0 Å². The Hall–Kier alpha value is -4.29. The second-order valence-corrected chi connectivity index (χ2v) is 11.1. The lowest BCUT2D eigenvalue weighted by Crippen LogP contribution is -2.28. The molecule has 41 heavy (non-hydrogen) atoms. The fraction of sp³-hybridized carbons (Fsp3) is 0.286. The lowest BCUT2D eigenvalue weighted by atomic mass is 9.81. The number of aromatic nitrogens is 1. The van der Waals surface area contributed by atoms with Crippen LogP contribution in [0.5, 0.6) is 0 Å². The van der Waals surface area contributed by atoms with Gasteiger partial charge in [0.05, 0.1) is 10.9 Å². The number of anilines is 2. The molecule has 0 spiro atoms. The first-order chi connectivity index (χ1) is 20.0. The molecule has 0 saturated carbocycles. The summed E-state index contributed by atoms with van der Waals surface area (Å²) in [5.74, 6) is 0.0845. The number of para-hydroxylation sites is 2. The third-order valence-electron chi connectivity index (χ3n) is 7.81. The van der Waals surface area contributed by atoms with Crippen LogP contribution in [0.25, 0.3) is 17.0 Å². The van der Waals surface area contributed by atoms with Crippen molar-refractivity contribution in [3.8, 4) is 0 Å². The van der Waals surface area contributed by atoms with Crippen molar-refractivity contribution in [3.05, 3.63) is 102 Å². The highest BCUT2D eigenvalue weighted by molar-refractivity contribution is 6.06. The van der Waals surface area contributed by atoms with Crippen molar-refractivity contribution < 1.29 is 9.37 Å². The van der Waals surface area contributed by atoms with E-state index in [1.807, 2.05) is 30.5 Å². The SMILES string of the molecule is CC1(C)C(/C=C/c2ccnc3ccccc23)=[N+](CCCCCC(=O)NCCN)c2ccc(Nc3ccccc3)cc21. The fourth-order valence-electron chi connectivity index (χ4n) is 5.65. The summed E-state index contributed by atoms with van der Waals surface area (Å²) in [5.41, 5.74) is 13.4. The summed E-state index contributed by atoms with van der Waals surface area (Å²) in [6, 6.07) is 27.3. The number of carbonyl (C=O) groups is 1. The maximum Gasteiger partial charge on any atom is 0.220 e. The number of rotatable bonds is 12. The Kier molecular flexibility index (Phi) is 8.90. The molecule has 1 amide bonds. The number of hydrogen-bond donors (Lipinski definition) is 3. The summed E-state index contributed by atoms with van der Waals surface area (Å²) in [4.78, 5) is 16.5. The molecule has 6 nitrogen and oxygen atoms in total. The molecule has 210 valence electrons. The molecule has 0 radical (unpaired) electrons. The van der Waals surface area contributed by atoms with Crippen molar-refractivity contribution in [2.45, 2.75) is 44.9 Å². The number of nitrogens with zero attached hydrogens (tertiary/aromatic N) is 2. The average molecular weight is 547 g/mol. The molecule has 4 aromatic rings. The molecule has 0 bridgehead atoms. The van der Waals surface area contributed by atoms with Crippen LogP contribution in [-0.2, 0) is 10.2 Å². The van der Waals surface area contributed by atoms with E-state index in [-0.39, 0.29) is 11.3 Å². The average Bonchev–Trinajstić information content (AvgIpc) is 3.20. The maximum absolute atomic E-state index is 12.0. The Balaban J connectivity index is 1.42. The minimum absolute atomic E-state index is 0.0845. The molecular weight excluding hydrogens is 506 g/mol. The maximum atomic E-state index is 12.0. The highest BCUT2D eigenvalue weighted by Gasteiger charge is 2.44. The third kappa shape index (κ3) is 6.55. The zero-order valence-corrected chi connectivity index (χ0v) is 24.1. The molecule has 0 aliphatic carbocycles. The first kappa shape index (κ1) is 28.2. The first-order valence-corrected chi connectivity index (χ1v) is 14.6. The molecule has 6 heteroatoms. The summed E-state index contributed by atoms with van der Waals surface area (Å²) in [7, 11) is 0. The van der Waals surface area contributed by atoms with Crippen molar-refractivity contribution in [1.82, 2.24) is 10.3 Å². The minimum atomic E-state index is -0.189. The summed E-state index contributed by atoms with van der Waals surface area (Å²) in [6.45, 7) is 6.52. The Morgan fingerprint density at radius 1 is 0.927 bits per heavy atom. The van der Waals surface area contributed by atoms with Gasteiger partial charge < -0.3 is 16.4 Å². The molecule has 1 aromatic heterocycles. The summed E-state index contributed by atoms with van der Waals surface area (Å²) in [5, 5.41) is 7.58. The second kappa shape index (κ2) is 12.9. The number of hydrogen-bond acceptors (Lipinski definition) is 4. The number of pyridine rings is 1. The molecule has 1 aliphatic heterocycles. The van der Waals surface area contributed by atoms with E-state index in [4.69, 9.17) is 5.73 Å². The number of carbonyl (C=O) groups excluding carboxylic acids is 1. The van der Waals surface area contributed by atoms with E-state index >= 15 is 0 Å². The van der Waals surface area contributed by atoms with Gasteiger partial charge in [-0.05, 0) is 74.7 Å². The molecule has 3 aromatic carbocycles. The Morgan fingerprint density at radius 2 is 1.73 bits per heavy atom. The van der Waals surface area contributed by atoms with Crippen LogP contribution in [0.1, 0.15) is 50.7 Å². The predicted octanol–water partition coefficient (Wildman–Crippen LogP) is 6.70. The van der Waals surface area contributed by atoms with Crippen molar-refractivity contribution in [2.24, 2.45) is 5.73 Å². The van der Waals surface area contributed by atoms with Gasteiger partial charge in [-0.15, -0.1) is 0 Å². The number of benzene rings is 3. The van der Waals surface area contributed by atoms with Crippen LogP contribution in [-0.4, -0.2) is 40.8 Å². The van der Waals surface area contributed by atoms with Gasteiger partial charge in [0.15, 0.2) is 5.71 Å². The molecule has 2 heterocycles. The Morgan fingerprint density at radius 3 is 2.56 bits per heavy atom. The second-order valence-electron chi connectivity index (χ2n) is 11.1. The molecule has 0 atom stereocenters. The fourth-order valence-corrected chi connectivity index (χ4v) is 5.65. The quantitative estimate of drug-likeness (QED) is 0.136. The molecule has 4 N–H and O–H groups in total. The van der Waals surface area contributed by atoms with Crippen LogP contribution in [0, 0.1) is 0 Å². The summed E-state index contributed by atoms with van der Waals surface area (Å²) in [6.07, 6.45) is 9.79. The van der Waals surface area contributed by atoms with E-state index < -0.39 is 0 Å². The van der Waals surface area contributed by atoms with Crippen LogP contribution in [0.4, 0.5) is 17.1 Å². The molecule has 0 saturated heterocycles. The number of fused-ring (bicyclic) bond motifs is 2. The molecule has 0 fully saturated rings. The molecule has 1 aliphatic rings. The summed E-state index contributed by atoms with van der Waals surface area (Å²) < 4.78 is 2.47. The largest absolute Gasteiger partial charge is 0.356 e. The first-order valence-electron chi connectivity index (χ1n) is 14.6. The lowest BCUT2D eigenvalue weighted by molar-refractivity contribution is -0.438. The number of amides is 1. The van der Waals surface area contributed by atoms with Crippen LogP contribution >= 0.6 is 0 Å². The van der Waals surface area contributed by atoms with Crippen LogP contribution in [0.3, 0.4) is 0 Å². The zero-order chi connectivity index (χ0) is 28.7. The van der Waals surface area contributed by atoms with Crippen LogP contribution < -0.4 is 16.4 Å². The predicted molar refractivity (Wildman–Crippen MR) is 170 cm³/mol. The monoisotopic (exact) mass is 546 g/mol. The number of allylic oxidation sites excluding steroid dienone is 1. The zero-order valence-electron chi connectivity index (χ0n) is 24.1. The van der Waals surface area contributed by atoms with Gasteiger partial charge in [0, 0.05) is 66.6 Å². The van der Waals surface area contributed by atoms with E-state index in [1.54, 1.807) is 0 Å². The van der Waals surface area contributed by atoms with Gasteiger partial charge in [0.1, 0.15) is 6.54 Å². The number of unbranched alkanes of at least 4 members (excludes halogenated alkanes) is 2. The van der Waals surface area contributed by atoms with E-state index in [9.17, 15) is 4.79 Å². The Labute approximate surface area is 243 Å². The van der Waals surface area contributed by atoms with Crippen molar-refractivity contribution in [3.63, 3.8) is 0 Å². The minimum Gasteiger partial charge on any atom is -0.356 e. The summed E-state index contributed by atoms with van der Waals surface area (Å²) >= 11 is 0. The molecular formula is C35H40N5O+. The number of nitrogens with two attached hydrogens (primary N) is 1. The van der Waals surface area contributed by atoms with Crippen LogP contribution in [0.15, 0.2) is 91.1 Å². The lowest BCUT2D eigenvalue weighted by Gasteiger charge is -2.17. The van der Waals surface area contributed by atoms with Gasteiger partial charge in [0.2, 0.25) is 11.6 Å². The van der Waals surface area contributed by atoms with Crippen molar-refractivity contribution >= 4 is 45.7 Å². The van der Waals surface area contributed by atoms with Gasteiger partial charge in [-0.1, -0.05) is 36.4 Å². The number of nitrogens with one attached hydrogen (secondary N) is 2.